The first kappa shape index (κ1) is 16.4. The van der Waals surface area contributed by atoms with Gasteiger partial charge in [-0.3, -0.25) is 4.79 Å². The molecule has 5 heteroatoms. The summed E-state index contributed by atoms with van der Waals surface area (Å²) in [5.41, 5.74) is 2.67. The van der Waals surface area contributed by atoms with Gasteiger partial charge in [0.05, 0.1) is 12.0 Å². The maximum absolute atomic E-state index is 12.5. The van der Waals surface area contributed by atoms with Gasteiger partial charge in [0.1, 0.15) is 18.1 Å². The fourth-order valence-corrected chi connectivity index (χ4v) is 3.53. The van der Waals surface area contributed by atoms with Crippen molar-refractivity contribution >= 4 is 11.8 Å². The standard InChI is InChI=1S/C21H20N2O3/c24-18-11-5-10-17-19(18)20(23-21(25)22-17)15-8-4-9-16(12-15)26-13-14-6-2-1-3-7-14/h1-4,6-10,12,19-20H,5,11,13H2,(H2,22,23,25)/t19-,20-/m0/s1. The first-order valence-corrected chi connectivity index (χ1v) is 8.78. The third-order valence-electron chi connectivity index (χ3n) is 4.78. The number of carbonyl (C=O) groups excluding carboxylic acids is 2. The van der Waals surface area contributed by atoms with Crippen molar-refractivity contribution in [1.29, 1.82) is 0 Å². The predicted octanol–water partition coefficient (Wildman–Crippen LogP) is 3.48. The summed E-state index contributed by atoms with van der Waals surface area (Å²) in [5.74, 6) is 0.509. The van der Waals surface area contributed by atoms with Crippen LogP contribution in [0.3, 0.4) is 0 Å². The van der Waals surface area contributed by atoms with Gasteiger partial charge in [0, 0.05) is 12.1 Å². The number of carbonyl (C=O) groups is 2. The molecule has 0 saturated carbocycles. The van der Waals surface area contributed by atoms with E-state index in [-0.39, 0.29) is 23.8 Å². The maximum atomic E-state index is 12.5. The van der Waals surface area contributed by atoms with Crippen molar-refractivity contribution in [3.8, 4) is 5.75 Å². The molecule has 1 aliphatic heterocycles. The van der Waals surface area contributed by atoms with Crippen LogP contribution in [0.25, 0.3) is 0 Å². The first-order valence-electron chi connectivity index (χ1n) is 8.78. The van der Waals surface area contributed by atoms with E-state index in [1.54, 1.807) is 0 Å². The Balaban J connectivity index is 1.57. The third-order valence-corrected chi connectivity index (χ3v) is 4.78. The molecular weight excluding hydrogens is 328 g/mol. The molecule has 2 aromatic rings. The van der Waals surface area contributed by atoms with Crippen molar-refractivity contribution in [2.45, 2.75) is 25.5 Å². The summed E-state index contributed by atoms with van der Waals surface area (Å²) in [4.78, 5) is 24.4. The Hall–Kier alpha value is -3.08. The summed E-state index contributed by atoms with van der Waals surface area (Å²) < 4.78 is 5.89. The minimum Gasteiger partial charge on any atom is -0.489 e. The Morgan fingerprint density at radius 2 is 1.88 bits per heavy atom. The summed E-state index contributed by atoms with van der Waals surface area (Å²) in [6, 6.07) is 16.9. The second kappa shape index (κ2) is 7.04. The highest BCUT2D eigenvalue weighted by atomic mass is 16.5. The van der Waals surface area contributed by atoms with Gasteiger partial charge >= 0.3 is 6.03 Å². The molecule has 2 aliphatic rings. The molecule has 2 aromatic carbocycles. The normalized spacial score (nSPS) is 21.9. The lowest BCUT2D eigenvalue weighted by Crippen LogP contribution is -2.51. The number of nitrogens with one attached hydrogen (secondary N) is 2. The van der Waals surface area contributed by atoms with E-state index < -0.39 is 0 Å². The van der Waals surface area contributed by atoms with E-state index in [2.05, 4.69) is 10.6 Å². The molecule has 2 atom stereocenters. The molecule has 132 valence electrons. The summed E-state index contributed by atoms with van der Waals surface area (Å²) in [6.07, 6.45) is 3.14. The van der Waals surface area contributed by atoms with Crippen LogP contribution in [0, 0.1) is 5.92 Å². The molecule has 0 aromatic heterocycles. The molecule has 1 fully saturated rings. The second-order valence-electron chi connectivity index (χ2n) is 6.57. The zero-order chi connectivity index (χ0) is 17.9. The zero-order valence-corrected chi connectivity index (χ0v) is 14.3. The second-order valence-corrected chi connectivity index (χ2v) is 6.57. The highest BCUT2D eigenvalue weighted by molar-refractivity contribution is 5.90. The van der Waals surface area contributed by atoms with E-state index >= 15 is 0 Å². The molecule has 0 radical (unpaired) electrons. The summed E-state index contributed by atoms with van der Waals surface area (Å²) >= 11 is 0. The SMILES string of the molecule is O=C1NC2=CCCC(=O)[C@H]2[C@H](c2cccc(OCc3ccccc3)c2)N1. The number of fused-ring (bicyclic) bond motifs is 1. The minimum atomic E-state index is -0.372. The molecule has 4 rings (SSSR count). The first-order chi connectivity index (χ1) is 12.7. The van der Waals surface area contributed by atoms with Gasteiger partial charge in [-0.2, -0.15) is 0 Å². The van der Waals surface area contributed by atoms with E-state index in [1.807, 2.05) is 60.7 Å². The molecule has 0 unspecified atom stereocenters. The van der Waals surface area contributed by atoms with Crippen LogP contribution in [0.1, 0.15) is 30.0 Å². The number of allylic oxidation sites excluding steroid dienone is 1. The highest BCUT2D eigenvalue weighted by Crippen LogP contribution is 2.35. The third kappa shape index (κ3) is 3.33. The molecular formula is C21H20N2O3. The van der Waals surface area contributed by atoms with E-state index in [1.165, 1.54) is 0 Å². The van der Waals surface area contributed by atoms with Crippen LogP contribution in [0.5, 0.6) is 5.75 Å². The minimum absolute atomic E-state index is 0.149. The van der Waals surface area contributed by atoms with Gasteiger partial charge in [0.2, 0.25) is 0 Å². The van der Waals surface area contributed by atoms with E-state index in [9.17, 15) is 9.59 Å². The van der Waals surface area contributed by atoms with Crippen molar-refractivity contribution in [2.75, 3.05) is 0 Å². The summed E-state index contributed by atoms with van der Waals surface area (Å²) in [5, 5.41) is 5.66. The van der Waals surface area contributed by atoms with Crippen LogP contribution in [0.4, 0.5) is 4.79 Å². The van der Waals surface area contributed by atoms with Crippen molar-refractivity contribution in [3.63, 3.8) is 0 Å². The molecule has 1 saturated heterocycles. The number of Topliss-reactive ketones (excluding diaryl/α,β-unsaturated/α-hetero) is 1. The van der Waals surface area contributed by atoms with Crippen molar-refractivity contribution < 1.29 is 14.3 Å². The van der Waals surface area contributed by atoms with E-state index in [0.29, 0.717) is 30.9 Å². The molecule has 2 N–H and O–H groups in total. The van der Waals surface area contributed by atoms with Gasteiger partial charge in [-0.1, -0.05) is 48.5 Å². The van der Waals surface area contributed by atoms with Crippen LogP contribution in [0.2, 0.25) is 0 Å². The van der Waals surface area contributed by atoms with Crippen LogP contribution in [-0.2, 0) is 11.4 Å². The number of amides is 2. The Morgan fingerprint density at radius 3 is 2.73 bits per heavy atom. The van der Waals surface area contributed by atoms with Crippen molar-refractivity contribution in [1.82, 2.24) is 10.6 Å². The number of ether oxygens (including phenoxy) is 1. The van der Waals surface area contributed by atoms with Gasteiger partial charge in [-0.25, -0.2) is 4.79 Å². The topological polar surface area (TPSA) is 67.4 Å². The molecule has 26 heavy (non-hydrogen) atoms. The summed E-state index contributed by atoms with van der Waals surface area (Å²) in [7, 11) is 0. The van der Waals surface area contributed by atoms with Gasteiger partial charge < -0.3 is 15.4 Å². The number of benzene rings is 2. The zero-order valence-electron chi connectivity index (χ0n) is 14.3. The molecule has 0 bridgehead atoms. The number of urea groups is 1. The molecule has 1 heterocycles. The van der Waals surface area contributed by atoms with Crippen LogP contribution in [0.15, 0.2) is 66.4 Å². The van der Waals surface area contributed by atoms with Crippen molar-refractivity contribution in [3.05, 3.63) is 77.5 Å². The van der Waals surface area contributed by atoms with E-state index in [4.69, 9.17) is 4.74 Å². The number of hydrogen-bond acceptors (Lipinski definition) is 3. The Bertz CT molecular complexity index is 861. The fourth-order valence-electron chi connectivity index (χ4n) is 3.53. The van der Waals surface area contributed by atoms with Crippen LogP contribution in [-0.4, -0.2) is 11.8 Å². The lowest BCUT2D eigenvalue weighted by Gasteiger charge is -2.36. The quantitative estimate of drug-likeness (QED) is 0.889. The maximum Gasteiger partial charge on any atom is 0.319 e. The Labute approximate surface area is 152 Å². The molecule has 2 amide bonds. The lowest BCUT2D eigenvalue weighted by atomic mass is 9.80. The highest BCUT2D eigenvalue weighted by Gasteiger charge is 2.39. The predicted molar refractivity (Wildman–Crippen MR) is 97.4 cm³/mol. The average Bonchev–Trinajstić information content (AvgIpc) is 2.67. The Morgan fingerprint density at radius 1 is 1.04 bits per heavy atom. The smallest absolute Gasteiger partial charge is 0.319 e. The fraction of sp³-hybridized carbons (Fsp3) is 0.238. The van der Waals surface area contributed by atoms with Gasteiger partial charge in [-0.05, 0) is 29.7 Å². The average molecular weight is 348 g/mol. The number of rotatable bonds is 4. The lowest BCUT2D eigenvalue weighted by molar-refractivity contribution is -0.123. The van der Waals surface area contributed by atoms with Crippen LogP contribution >= 0.6 is 0 Å². The Kier molecular flexibility index (Phi) is 4.44. The molecule has 5 nitrogen and oxygen atoms in total. The van der Waals surface area contributed by atoms with E-state index in [0.717, 1.165) is 11.1 Å². The van der Waals surface area contributed by atoms with Crippen LogP contribution < -0.4 is 15.4 Å². The van der Waals surface area contributed by atoms with Gasteiger partial charge in [-0.15, -0.1) is 0 Å². The summed E-state index contributed by atoms with van der Waals surface area (Å²) in [6.45, 7) is 0.469. The molecule has 1 aliphatic carbocycles. The monoisotopic (exact) mass is 348 g/mol. The van der Waals surface area contributed by atoms with Gasteiger partial charge in [0.15, 0.2) is 0 Å². The van der Waals surface area contributed by atoms with Crippen molar-refractivity contribution in [2.24, 2.45) is 5.92 Å². The van der Waals surface area contributed by atoms with Gasteiger partial charge in [0.25, 0.3) is 0 Å². The molecule has 0 spiro atoms. The largest absolute Gasteiger partial charge is 0.489 e. The number of hydrogen-bond donors (Lipinski definition) is 2. The number of ketones is 1.